The molecule has 0 bridgehead atoms. The SMILES string of the molecule is CCOc1cccc(C(O)c2ccc(Cl)c(Br)c2)c1. The first kappa shape index (κ1) is 14.4. The molecular weight excluding hydrogens is 328 g/mol. The molecule has 100 valence electrons. The van der Waals surface area contributed by atoms with Crippen LogP contribution in [0, 0.1) is 0 Å². The molecule has 4 heteroatoms. The van der Waals surface area contributed by atoms with Crippen LogP contribution >= 0.6 is 27.5 Å². The van der Waals surface area contributed by atoms with Gasteiger partial charge in [0.15, 0.2) is 0 Å². The molecule has 0 fully saturated rings. The zero-order valence-electron chi connectivity index (χ0n) is 10.4. The smallest absolute Gasteiger partial charge is 0.119 e. The van der Waals surface area contributed by atoms with E-state index in [0.29, 0.717) is 11.6 Å². The van der Waals surface area contributed by atoms with Gasteiger partial charge in [-0.15, -0.1) is 0 Å². The van der Waals surface area contributed by atoms with Crippen LogP contribution in [0.4, 0.5) is 0 Å². The molecule has 2 rings (SSSR count). The minimum Gasteiger partial charge on any atom is -0.494 e. The van der Waals surface area contributed by atoms with Gasteiger partial charge in [-0.3, -0.25) is 0 Å². The summed E-state index contributed by atoms with van der Waals surface area (Å²) < 4.78 is 6.20. The van der Waals surface area contributed by atoms with Gasteiger partial charge < -0.3 is 9.84 Å². The lowest BCUT2D eigenvalue weighted by atomic mass is 10.0. The number of halogens is 2. The van der Waals surface area contributed by atoms with E-state index in [1.54, 1.807) is 6.07 Å². The number of aliphatic hydroxyl groups is 1. The standard InChI is InChI=1S/C15H14BrClO2/c1-2-19-12-5-3-4-10(8-12)15(18)11-6-7-14(17)13(16)9-11/h3-9,15,18H,2H2,1H3. The molecule has 0 heterocycles. The minimum atomic E-state index is -0.700. The highest BCUT2D eigenvalue weighted by Crippen LogP contribution is 2.30. The molecule has 0 radical (unpaired) electrons. The predicted molar refractivity (Wildman–Crippen MR) is 80.8 cm³/mol. The van der Waals surface area contributed by atoms with Crippen LogP contribution in [0.15, 0.2) is 46.9 Å². The van der Waals surface area contributed by atoms with Gasteiger partial charge in [0, 0.05) is 4.47 Å². The molecule has 0 aliphatic carbocycles. The van der Waals surface area contributed by atoms with Crippen molar-refractivity contribution in [1.29, 1.82) is 0 Å². The lowest BCUT2D eigenvalue weighted by Crippen LogP contribution is -2.00. The summed E-state index contributed by atoms with van der Waals surface area (Å²) in [5.74, 6) is 0.757. The third-order valence-electron chi connectivity index (χ3n) is 2.74. The van der Waals surface area contributed by atoms with Gasteiger partial charge >= 0.3 is 0 Å². The molecule has 1 atom stereocenters. The summed E-state index contributed by atoms with van der Waals surface area (Å²) in [7, 11) is 0. The van der Waals surface area contributed by atoms with Crippen LogP contribution in [0.5, 0.6) is 5.75 Å². The third kappa shape index (κ3) is 3.50. The molecule has 0 aliphatic rings. The maximum absolute atomic E-state index is 10.4. The fourth-order valence-electron chi connectivity index (χ4n) is 1.82. The van der Waals surface area contributed by atoms with Crippen molar-refractivity contribution < 1.29 is 9.84 Å². The Morgan fingerprint density at radius 1 is 1.21 bits per heavy atom. The Hall–Kier alpha value is -1.03. The van der Waals surface area contributed by atoms with E-state index in [1.165, 1.54) is 0 Å². The summed E-state index contributed by atoms with van der Waals surface area (Å²) in [4.78, 5) is 0. The van der Waals surface area contributed by atoms with Crippen molar-refractivity contribution in [1.82, 2.24) is 0 Å². The van der Waals surface area contributed by atoms with Gasteiger partial charge in [-0.2, -0.15) is 0 Å². The molecule has 1 unspecified atom stereocenters. The van der Waals surface area contributed by atoms with Gasteiger partial charge in [0.1, 0.15) is 11.9 Å². The molecule has 19 heavy (non-hydrogen) atoms. The molecule has 0 aliphatic heterocycles. The summed E-state index contributed by atoms with van der Waals surface area (Å²) in [5.41, 5.74) is 1.57. The number of hydrogen-bond acceptors (Lipinski definition) is 2. The van der Waals surface area contributed by atoms with Crippen LogP contribution < -0.4 is 4.74 Å². The number of hydrogen-bond donors (Lipinski definition) is 1. The topological polar surface area (TPSA) is 29.5 Å². The first-order valence-corrected chi connectivity index (χ1v) is 7.14. The van der Waals surface area contributed by atoms with Crippen LogP contribution in [0.3, 0.4) is 0 Å². The lowest BCUT2D eigenvalue weighted by Gasteiger charge is -2.13. The molecule has 2 aromatic carbocycles. The quantitative estimate of drug-likeness (QED) is 0.882. The van der Waals surface area contributed by atoms with Gasteiger partial charge in [0.05, 0.1) is 11.6 Å². The van der Waals surface area contributed by atoms with E-state index in [2.05, 4.69) is 15.9 Å². The van der Waals surface area contributed by atoms with Gasteiger partial charge in [-0.05, 0) is 58.2 Å². The molecule has 0 aromatic heterocycles. The molecule has 0 saturated heterocycles. The highest BCUT2D eigenvalue weighted by molar-refractivity contribution is 9.10. The minimum absolute atomic E-state index is 0.603. The fraction of sp³-hybridized carbons (Fsp3) is 0.200. The van der Waals surface area contributed by atoms with Crippen molar-refractivity contribution in [3.8, 4) is 5.75 Å². The number of benzene rings is 2. The third-order valence-corrected chi connectivity index (χ3v) is 3.96. The summed E-state index contributed by atoms with van der Waals surface area (Å²) in [5, 5.41) is 11.0. The summed E-state index contributed by atoms with van der Waals surface area (Å²) in [6.07, 6.45) is -0.700. The van der Waals surface area contributed by atoms with Crippen molar-refractivity contribution in [2.24, 2.45) is 0 Å². The zero-order valence-corrected chi connectivity index (χ0v) is 12.8. The van der Waals surface area contributed by atoms with Crippen LogP contribution in [-0.4, -0.2) is 11.7 Å². The summed E-state index contributed by atoms with van der Waals surface area (Å²) in [6, 6.07) is 12.8. The van der Waals surface area contributed by atoms with Crippen LogP contribution in [-0.2, 0) is 0 Å². The van der Waals surface area contributed by atoms with Crippen LogP contribution in [0.1, 0.15) is 24.2 Å². The number of aliphatic hydroxyl groups excluding tert-OH is 1. The maximum atomic E-state index is 10.4. The predicted octanol–water partition coefficient (Wildman–Crippen LogP) is 4.58. The van der Waals surface area contributed by atoms with Gasteiger partial charge in [0.25, 0.3) is 0 Å². The second kappa shape index (κ2) is 6.42. The first-order chi connectivity index (χ1) is 9.11. The highest BCUT2D eigenvalue weighted by Gasteiger charge is 2.12. The molecule has 0 spiro atoms. The van der Waals surface area contributed by atoms with Gasteiger partial charge in [0.2, 0.25) is 0 Å². The molecular formula is C15H14BrClO2. The van der Waals surface area contributed by atoms with Crippen LogP contribution in [0.25, 0.3) is 0 Å². The lowest BCUT2D eigenvalue weighted by molar-refractivity contribution is 0.219. The molecule has 0 saturated carbocycles. The van der Waals surface area contributed by atoms with E-state index in [9.17, 15) is 5.11 Å². The monoisotopic (exact) mass is 340 g/mol. The van der Waals surface area contributed by atoms with E-state index >= 15 is 0 Å². The second-order valence-corrected chi connectivity index (χ2v) is 5.34. The van der Waals surface area contributed by atoms with Crippen LogP contribution in [0.2, 0.25) is 5.02 Å². The highest BCUT2D eigenvalue weighted by atomic mass is 79.9. The Kier molecular flexibility index (Phi) is 4.86. The van der Waals surface area contributed by atoms with E-state index in [1.807, 2.05) is 43.3 Å². The van der Waals surface area contributed by atoms with Crippen molar-refractivity contribution >= 4 is 27.5 Å². The Labute approximate surface area is 126 Å². The van der Waals surface area contributed by atoms with Crippen molar-refractivity contribution in [2.45, 2.75) is 13.0 Å². The van der Waals surface area contributed by atoms with Gasteiger partial charge in [-0.1, -0.05) is 29.8 Å². The average molecular weight is 342 g/mol. The van der Waals surface area contributed by atoms with Crippen molar-refractivity contribution in [3.63, 3.8) is 0 Å². The zero-order chi connectivity index (χ0) is 13.8. The largest absolute Gasteiger partial charge is 0.494 e. The second-order valence-electron chi connectivity index (χ2n) is 4.08. The number of rotatable bonds is 4. The van der Waals surface area contributed by atoms with E-state index in [-0.39, 0.29) is 0 Å². The maximum Gasteiger partial charge on any atom is 0.119 e. The summed E-state index contributed by atoms with van der Waals surface area (Å²) >= 11 is 9.31. The Morgan fingerprint density at radius 3 is 2.63 bits per heavy atom. The first-order valence-electron chi connectivity index (χ1n) is 5.97. The Balaban J connectivity index is 2.29. The Morgan fingerprint density at radius 2 is 1.95 bits per heavy atom. The average Bonchev–Trinajstić information content (AvgIpc) is 2.42. The molecule has 1 N–H and O–H groups in total. The van der Waals surface area contributed by atoms with Crippen molar-refractivity contribution in [2.75, 3.05) is 6.61 Å². The molecule has 2 aromatic rings. The summed E-state index contributed by atoms with van der Waals surface area (Å²) in [6.45, 7) is 2.53. The normalized spacial score (nSPS) is 12.2. The van der Waals surface area contributed by atoms with Gasteiger partial charge in [-0.25, -0.2) is 0 Å². The fourth-order valence-corrected chi connectivity index (χ4v) is 2.33. The van der Waals surface area contributed by atoms with E-state index in [0.717, 1.165) is 21.3 Å². The van der Waals surface area contributed by atoms with E-state index in [4.69, 9.17) is 16.3 Å². The number of ether oxygens (including phenoxy) is 1. The Bertz CT molecular complexity index is 572. The molecule has 2 nitrogen and oxygen atoms in total. The van der Waals surface area contributed by atoms with E-state index < -0.39 is 6.10 Å². The molecule has 0 amide bonds. The van der Waals surface area contributed by atoms with Crippen molar-refractivity contribution in [3.05, 3.63) is 63.1 Å².